The van der Waals surface area contributed by atoms with E-state index < -0.39 is 5.92 Å². The number of esters is 1. The summed E-state index contributed by atoms with van der Waals surface area (Å²) in [6.45, 7) is 1.84. The third-order valence-electron chi connectivity index (χ3n) is 2.40. The third kappa shape index (κ3) is 2.55. The van der Waals surface area contributed by atoms with E-state index in [4.69, 9.17) is 5.53 Å². The predicted molar refractivity (Wildman–Crippen MR) is 60.0 cm³/mol. The minimum Gasteiger partial charge on any atom is -0.468 e. The second kappa shape index (κ2) is 5.83. The summed E-state index contributed by atoms with van der Waals surface area (Å²) < 4.78 is 4.68. The number of nitrogens with zero attached hydrogens (tertiary/aromatic N) is 2. The van der Waals surface area contributed by atoms with E-state index in [2.05, 4.69) is 9.53 Å². The highest BCUT2D eigenvalue weighted by molar-refractivity contribution is 6.08. The zero-order valence-corrected chi connectivity index (χ0v) is 9.38. The number of methoxy groups -OCH3 is 1. The first-order valence-corrected chi connectivity index (χ1v) is 5.09. The molecule has 84 valence electrons. The monoisotopic (exact) mass is 218 g/mol. The number of carbonyl (C=O) groups is 1. The average Bonchev–Trinajstić information content (AvgIpc) is 2.36. The van der Waals surface area contributed by atoms with Gasteiger partial charge in [-0.1, -0.05) is 25.1 Å². The average molecular weight is 218 g/mol. The van der Waals surface area contributed by atoms with Gasteiger partial charge in [0, 0.05) is 0 Å². The quantitative estimate of drug-likeness (QED) is 0.335. The smallest absolute Gasteiger partial charge is 0.320 e. The summed E-state index contributed by atoms with van der Waals surface area (Å²) in [6.07, 6.45) is 0.529. The minimum absolute atomic E-state index is 0.343. The van der Waals surface area contributed by atoms with E-state index in [1.54, 1.807) is 12.1 Å². The molecule has 1 aromatic carbocycles. The molecule has 4 heteroatoms. The summed E-state index contributed by atoms with van der Waals surface area (Å²) in [5.74, 6) is -0.920. The van der Waals surface area contributed by atoms with E-state index in [0.717, 1.165) is 5.56 Å². The molecule has 0 spiro atoms. The van der Waals surface area contributed by atoms with Gasteiger partial charge in [0.2, 0.25) is 0 Å². The second-order valence-electron chi connectivity index (χ2n) is 3.34. The Hall–Kier alpha value is -1.93. The number of rotatable bonds is 4. The van der Waals surface area contributed by atoms with Crippen molar-refractivity contribution >= 4 is 11.7 Å². The van der Waals surface area contributed by atoms with Crippen molar-refractivity contribution in [2.75, 3.05) is 7.11 Å². The van der Waals surface area contributed by atoms with Gasteiger partial charge in [0.15, 0.2) is 5.92 Å². The second-order valence-corrected chi connectivity index (χ2v) is 3.34. The van der Waals surface area contributed by atoms with Gasteiger partial charge in [-0.15, -0.1) is 0 Å². The summed E-state index contributed by atoms with van der Waals surface area (Å²) in [5.41, 5.74) is 10.1. The highest BCUT2D eigenvalue weighted by Crippen LogP contribution is 2.13. The predicted octanol–water partition coefficient (Wildman–Crippen LogP) is 1.90. The van der Waals surface area contributed by atoms with Crippen LogP contribution in [0, 0.1) is 5.92 Å². The number of ether oxygens (including phenoxy) is 1. The molecule has 0 aliphatic carbocycles. The highest BCUT2D eigenvalue weighted by Gasteiger charge is 2.31. The third-order valence-corrected chi connectivity index (χ3v) is 2.40. The van der Waals surface area contributed by atoms with Crippen molar-refractivity contribution in [1.29, 1.82) is 0 Å². The van der Waals surface area contributed by atoms with Crippen molar-refractivity contribution in [1.82, 2.24) is 0 Å². The first-order valence-electron chi connectivity index (χ1n) is 5.09. The van der Waals surface area contributed by atoms with Crippen molar-refractivity contribution in [2.24, 2.45) is 5.92 Å². The molecule has 1 rings (SSSR count). The standard InChI is InChI=1S/C12H14N2O2/c1-3-10(12(15)16-2)11(14-13)9-7-5-4-6-8-9/h4-8,10H,3H2,1-2H3. The first kappa shape index (κ1) is 12.1. The van der Waals surface area contributed by atoms with E-state index in [-0.39, 0.29) is 5.97 Å². The van der Waals surface area contributed by atoms with Crippen LogP contribution in [0.3, 0.4) is 0 Å². The maximum Gasteiger partial charge on any atom is 0.320 e. The van der Waals surface area contributed by atoms with Crippen molar-refractivity contribution in [3.8, 4) is 0 Å². The summed E-state index contributed by atoms with van der Waals surface area (Å²) in [4.78, 5) is 14.7. The minimum atomic E-state index is -0.530. The first-order chi connectivity index (χ1) is 7.74. The van der Waals surface area contributed by atoms with Crippen molar-refractivity contribution < 1.29 is 14.3 Å². The van der Waals surface area contributed by atoms with Gasteiger partial charge in [-0.3, -0.25) is 4.79 Å². The molecule has 1 aromatic rings. The summed E-state index contributed by atoms with van der Waals surface area (Å²) in [7, 11) is 1.32. The van der Waals surface area contributed by atoms with Gasteiger partial charge in [-0.2, -0.15) is 4.79 Å². The number of hydrogen-bond acceptors (Lipinski definition) is 2. The molecular formula is C12H14N2O2. The van der Waals surface area contributed by atoms with Crippen LogP contribution in [-0.4, -0.2) is 23.6 Å². The van der Waals surface area contributed by atoms with Gasteiger partial charge < -0.3 is 10.3 Å². The van der Waals surface area contributed by atoms with Crippen molar-refractivity contribution in [3.63, 3.8) is 0 Å². The van der Waals surface area contributed by atoms with Crippen LogP contribution < -0.4 is 0 Å². The fourth-order valence-corrected chi connectivity index (χ4v) is 1.55. The van der Waals surface area contributed by atoms with Crippen LogP contribution >= 0.6 is 0 Å². The molecule has 0 bridgehead atoms. The van der Waals surface area contributed by atoms with Crippen LogP contribution in [0.2, 0.25) is 0 Å². The molecule has 0 N–H and O–H groups in total. The Kier molecular flexibility index (Phi) is 4.42. The fraction of sp³-hybridized carbons (Fsp3) is 0.333. The molecule has 1 unspecified atom stereocenters. The Morgan fingerprint density at radius 1 is 1.44 bits per heavy atom. The molecule has 0 radical (unpaired) electrons. The van der Waals surface area contributed by atoms with Crippen LogP contribution in [0.1, 0.15) is 18.9 Å². The van der Waals surface area contributed by atoms with Gasteiger partial charge in [-0.05, 0) is 18.6 Å². The van der Waals surface area contributed by atoms with E-state index >= 15 is 0 Å². The van der Waals surface area contributed by atoms with Crippen molar-refractivity contribution in [3.05, 3.63) is 41.4 Å². The highest BCUT2D eigenvalue weighted by atomic mass is 16.5. The lowest BCUT2D eigenvalue weighted by Gasteiger charge is -2.07. The van der Waals surface area contributed by atoms with E-state index in [9.17, 15) is 4.79 Å². The topological polar surface area (TPSA) is 62.7 Å². The Labute approximate surface area is 94.5 Å². The normalized spacial score (nSPS) is 11.4. The van der Waals surface area contributed by atoms with E-state index in [1.807, 2.05) is 25.1 Å². The van der Waals surface area contributed by atoms with Gasteiger partial charge in [-0.25, -0.2) is 0 Å². The van der Waals surface area contributed by atoms with Gasteiger partial charge in [0.1, 0.15) is 0 Å². The lowest BCUT2D eigenvalue weighted by molar-refractivity contribution is -0.144. The molecular weight excluding hydrogens is 204 g/mol. The largest absolute Gasteiger partial charge is 0.468 e. The fourth-order valence-electron chi connectivity index (χ4n) is 1.55. The molecule has 1 atom stereocenters. The number of hydrogen-bond donors (Lipinski definition) is 0. The van der Waals surface area contributed by atoms with Gasteiger partial charge in [0.05, 0.1) is 12.7 Å². The molecule has 0 saturated heterocycles. The van der Waals surface area contributed by atoms with Crippen LogP contribution in [0.4, 0.5) is 0 Å². The Balaban J connectivity index is 3.08. The molecule has 0 aromatic heterocycles. The lowest BCUT2D eigenvalue weighted by atomic mass is 9.94. The van der Waals surface area contributed by atoms with E-state index in [1.165, 1.54) is 7.11 Å². The maximum absolute atomic E-state index is 11.5. The Morgan fingerprint density at radius 3 is 2.50 bits per heavy atom. The maximum atomic E-state index is 11.5. The number of carbonyl (C=O) groups excluding carboxylic acids is 1. The molecule has 16 heavy (non-hydrogen) atoms. The molecule has 0 saturated carbocycles. The Bertz CT molecular complexity index is 408. The summed E-state index contributed by atoms with van der Waals surface area (Å²) >= 11 is 0. The molecule has 0 heterocycles. The molecule has 0 fully saturated rings. The van der Waals surface area contributed by atoms with Gasteiger partial charge in [0.25, 0.3) is 0 Å². The number of benzene rings is 1. The SMILES string of the molecule is CCC(C(=O)OC)C(=[N+]=[N-])c1ccccc1. The van der Waals surface area contributed by atoms with Crippen LogP contribution in [-0.2, 0) is 9.53 Å². The molecule has 0 aliphatic rings. The van der Waals surface area contributed by atoms with Crippen LogP contribution in [0.15, 0.2) is 30.3 Å². The molecule has 0 amide bonds. The zero-order valence-electron chi connectivity index (χ0n) is 9.38. The van der Waals surface area contributed by atoms with Crippen LogP contribution in [0.5, 0.6) is 0 Å². The van der Waals surface area contributed by atoms with E-state index in [0.29, 0.717) is 12.1 Å². The molecule has 4 nitrogen and oxygen atoms in total. The summed E-state index contributed by atoms with van der Waals surface area (Å²) in [5, 5.41) is 0. The van der Waals surface area contributed by atoms with Crippen molar-refractivity contribution in [2.45, 2.75) is 13.3 Å². The van der Waals surface area contributed by atoms with Crippen LogP contribution in [0.25, 0.3) is 5.53 Å². The molecule has 0 aliphatic heterocycles. The Morgan fingerprint density at radius 2 is 2.06 bits per heavy atom. The lowest BCUT2D eigenvalue weighted by Crippen LogP contribution is -2.26. The zero-order chi connectivity index (χ0) is 12.0. The van der Waals surface area contributed by atoms with Gasteiger partial charge >= 0.3 is 11.7 Å². The summed E-state index contributed by atoms with van der Waals surface area (Å²) in [6, 6.07) is 9.09.